The number of fused-ring (bicyclic) bond motifs is 1. The molecule has 0 aromatic heterocycles. The van der Waals surface area contributed by atoms with Crippen molar-refractivity contribution in [1.29, 1.82) is 0 Å². The van der Waals surface area contributed by atoms with Gasteiger partial charge in [0.1, 0.15) is 5.75 Å². The summed E-state index contributed by atoms with van der Waals surface area (Å²) in [7, 11) is -3.15. The quantitative estimate of drug-likeness (QED) is 0.513. The fourth-order valence-corrected chi connectivity index (χ4v) is 7.60. The van der Waals surface area contributed by atoms with Crippen molar-refractivity contribution in [3.8, 4) is 5.75 Å². The van der Waals surface area contributed by atoms with Gasteiger partial charge in [0.05, 0.1) is 20.3 Å². The minimum atomic E-state index is -1.76. The first kappa shape index (κ1) is 22.1. The molecular weight excluding hydrogens is 376 g/mol. The van der Waals surface area contributed by atoms with Gasteiger partial charge in [-0.2, -0.15) is 0 Å². The van der Waals surface area contributed by atoms with E-state index >= 15 is 0 Å². The fourth-order valence-electron chi connectivity index (χ4n) is 4.51. The van der Waals surface area contributed by atoms with E-state index < -0.39 is 16.4 Å². The molecular formula is C24H42O2Si2. The average molecular weight is 419 g/mol. The van der Waals surface area contributed by atoms with Crippen LogP contribution < -0.4 is 9.92 Å². The lowest BCUT2D eigenvalue weighted by atomic mass is 9.97. The molecule has 2 nitrogen and oxygen atoms in total. The van der Waals surface area contributed by atoms with Gasteiger partial charge in [-0.15, -0.1) is 0 Å². The van der Waals surface area contributed by atoms with Gasteiger partial charge in [0, 0.05) is 6.42 Å². The molecule has 1 unspecified atom stereocenters. The highest BCUT2D eigenvalue weighted by Crippen LogP contribution is 2.41. The van der Waals surface area contributed by atoms with Gasteiger partial charge in [-0.25, -0.2) is 0 Å². The number of hydrogen-bond acceptors (Lipinski definition) is 2. The van der Waals surface area contributed by atoms with Gasteiger partial charge in [0.15, 0.2) is 8.32 Å². The zero-order valence-electron chi connectivity index (χ0n) is 19.6. The Labute approximate surface area is 175 Å². The second kappa shape index (κ2) is 7.92. The highest BCUT2D eigenvalue weighted by Gasteiger charge is 2.41. The lowest BCUT2D eigenvalue weighted by Crippen LogP contribution is -2.44. The molecule has 0 saturated heterocycles. The Kier molecular flexibility index (Phi) is 6.25. The molecule has 0 bridgehead atoms. The summed E-state index contributed by atoms with van der Waals surface area (Å²) in [4.78, 5) is 0. The molecule has 1 fully saturated rings. The summed E-state index contributed by atoms with van der Waals surface area (Å²) in [6.07, 6.45) is 9.27. The molecule has 158 valence electrons. The van der Waals surface area contributed by atoms with Crippen LogP contribution in [-0.2, 0) is 17.3 Å². The van der Waals surface area contributed by atoms with Crippen LogP contribution in [0.25, 0.3) is 0 Å². The van der Waals surface area contributed by atoms with Crippen LogP contribution in [0.1, 0.15) is 64.0 Å². The first-order chi connectivity index (χ1) is 12.9. The fraction of sp³-hybridized carbons (Fsp3) is 0.750. The van der Waals surface area contributed by atoms with Crippen LogP contribution in [0.5, 0.6) is 5.75 Å². The molecule has 2 aliphatic carbocycles. The third-order valence-corrected chi connectivity index (χ3v) is 13.8. The van der Waals surface area contributed by atoms with Gasteiger partial charge < -0.3 is 9.16 Å². The highest BCUT2D eigenvalue weighted by atomic mass is 28.4. The van der Waals surface area contributed by atoms with Gasteiger partial charge in [0.2, 0.25) is 0 Å². The topological polar surface area (TPSA) is 18.5 Å². The van der Waals surface area contributed by atoms with Crippen LogP contribution in [0.2, 0.25) is 37.8 Å². The van der Waals surface area contributed by atoms with E-state index in [-0.39, 0.29) is 5.04 Å². The molecule has 0 spiro atoms. The van der Waals surface area contributed by atoms with E-state index in [1.807, 2.05) is 0 Å². The van der Waals surface area contributed by atoms with Crippen molar-refractivity contribution in [3.63, 3.8) is 0 Å². The van der Waals surface area contributed by atoms with Crippen molar-refractivity contribution in [1.82, 2.24) is 0 Å². The summed E-state index contributed by atoms with van der Waals surface area (Å²) in [5.41, 5.74) is 3.03. The van der Waals surface area contributed by atoms with Crippen molar-refractivity contribution in [2.45, 2.75) is 116 Å². The van der Waals surface area contributed by atoms with Crippen LogP contribution >= 0.6 is 0 Å². The maximum atomic E-state index is 6.86. The highest BCUT2D eigenvalue weighted by molar-refractivity contribution is 6.89. The zero-order valence-corrected chi connectivity index (χ0v) is 21.6. The third kappa shape index (κ3) is 4.76. The summed E-state index contributed by atoms with van der Waals surface area (Å²) in [5.74, 6) is 1.16. The summed E-state index contributed by atoms with van der Waals surface area (Å²) in [6.45, 7) is 19.2. The molecule has 4 heteroatoms. The molecule has 3 rings (SSSR count). The summed E-state index contributed by atoms with van der Waals surface area (Å²) < 4.78 is 13.4. The smallest absolute Gasteiger partial charge is 0.192 e. The number of benzene rings is 1. The van der Waals surface area contributed by atoms with Crippen molar-refractivity contribution in [3.05, 3.63) is 23.3 Å². The number of hydrogen-bond donors (Lipinski definition) is 0. The second-order valence-electron chi connectivity index (χ2n) is 11.6. The normalized spacial score (nSPS) is 21.6. The summed E-state index contributed by atoms with van der Waals surface area (Å²) in [5, 5.41) is 1.87. The van der Waals surface area contributed by atoms with E-state index in [0.29, 0.717) is 12.2 Å². The molecule has 1 atom stereocenters. The standard InChI is InChI=1S/C24H42O2Si2/c1-24(2,3)28(7,8)26-19-16-20-21(17-19)23(27(4,5)6)15-14-22(20)25-18-12-10-9-11-13-18/h14-15,18-19H,9-13,16-17H2,1-8H3. The Morgan fingerprint density at radius 2 is 1.43 bits per heavy atom. The van der Waals surface area contributed by atoms with E-state index in [1.165, 1.54) is 37.7 Å². The van der Waals surface area contributed by atoms with Crippen molar-refractivity contribution < 1.29 is 9.16 Å². The van der Waals surface area contributed by atoms with E-state index in [1.54, 1.807) is 10.8 Å². The lowest BCUT2D eigenvalue weighted by molar-refractivity contribution is 0.152. The first-order valence-corrected chi connectivity index (χ1v) is 17.8. The van der Waals surface area contributed by atoms with Crippen LogP contribution in [0.3, 0.4) is 0 Å². The average Bonchev–Trinajstić information content (AvgIpc) is 2.96. The number of rotatable bonds is 5. The Morgan fingerprint density at radius 3 is 2.00 bits per heavy atom. The summed E-state index contributed by atoms with van der Waals surface area (Å²) >= 11 is 0. The Morgan fingerprint density at radius 1 is 0.821 bits per heavy atom. The van der Waals surface area contributed by atoms with Crippen LogP contribution in [0.4, 0.5) is 0 Å². The van der Waals surface area contributed by atoms with Crippen molar-refractivity contribution in [2.75, 3.05) is 0 Å². The SMILES string of the molecule is CC(C)(C)[Si](C)(C)OC1Cc2c(OC3CCCCC3)ccc([Si](C)(C)C)c2C1. The van der Waals surface area contributed by atoms with Crippen molar-refractivity contribution in [2.24, 2.45) is 0 Å². The molecule has 1 aromatic rings. The Hall–Kier alpha value is -0.586. The molecule has 0 radical (unpaired) electrons. The van der Waals surface area contributed by atoms with E-state index in [4.69, 9.17) is 9.16 Å². The maximum Gasteiger partial charge on any atom is 0.192 e. The third-order valence-electron chi connectivity index (χ3n) is 7.17. The monoisotopic (exact) mass is 418 g/mol. The molecule has 0 N–H and O–H groups in total. The molecule has 1 saturated carbocycles. The van der Waals surface area contributed by atoms with Crippen molar-refractivity contribution >= 4 is 21.6 Å². The molecule has 0 aliphatic heterocycles. The van der Waals surface area contributed by atoms with Gasteiger partial charge in [-0.3, -0.25) is 0 Å². The molecule has 28 heavy (non-hydrogen) atoms. The van der Waals surface area contributed by atoms with Gasteiger partial charge in [-0.1, -0.05) is 58.1 Å². The Bertz CT molecular complexity index is 692. The molecule has 2 aliphatic rings. The van der Waals surface area contributed by atoms with Gasteiger partial charge in [-0.05, 0) is 67.4 Å². The minimum absolute atomic E-state index is 0.255. The molecule has 0 amide bonds. The van der Waals surface area contributed by atoms with E-state index in [0.717, 1.165) is 18.6 Å². The lowest BCUT2D eigenvalue weighted by Gasteiger charge is -2.38. The molecule has 0 heterocycles. The van der Waals surface area contributed by atoms with Gasteiger partial charge >= 0.3 is 0 Å². The van der Waals surface area contributed by atoms with E-state index in [9.17, 15) is 0 Å². The number of ether oxygens (including phenoxy) is 1. The molecule has 1 aromatic carbocycles. The van der Waals surface area contributed by atoms with E-state index in [2.05, 4.69) is 65.6 Å². The summed E-state index contributed by atoms with van der Waals surface area (Å²) in [6, 6.07) is 4.67. The Balaban J connectivity index is 1.87. The van der Waals surface area contributed by atoms with Crippen LogP contribution in [-0.4, -0.2) is 28.6 Å². The first-order valence-electron chi connectivity index (χ1n) is 11.4. The van der Waals surface area contributed by atoms with Crippen LogP contribution in [0, 0.1) is 0 Å². The zero-order chi connectivity index (χ0) is 20.7. The second-order valence-corrected chi connectivity index (χ2v) is 21.4. The maximum absolute atomic E-state index is 6.86. The van der Waals surface area contributed by atoms with Crippen LogP contribution in [0.15, 0.2) is 12.1 Å². The largest absolute Gasteiger partial charge is 0.490 e. The van der Waals surface area contributed by atoms with Gasteiger partial charge in [0.25, 0.3) is 0 Å². The predicted molar refractivity (Wildman–Crippen MR) is 126 cm³/mol. The predicted octanol–water partition coefficient (Wildman–Crippen LogP) is 6.43. The minimum Gasteiger partial charge on any atom is -0.490 e.